The fourth-order valence-electron chi connectivity index (χ4n) is 2.22. The van der Waals surface area contributed by atoms with Crippen molar-refractivity contribution in [2.24, 2.45) is 0 Å². The van der Waals surface area contributed by atoms with Gasteiger partial charge in [-0.15, -0.1) is 11.3 Å². The molecule has 2 aromatic rings. The molecule has 2 amide bonds. The lowest BCUT2D eigenvalue weighted by Gasteiger charge is -2.09. The number of nitrogens with one attached hydrogen (secondary N) is 2. The predicted octanol–water partition coefficient (Wildman–Crippen LogP) is 0.805. The van der Waals surface area contributed by atoms with E-state index in [0.717, 1.165) is 15.9 Å². The highest BCUT2D eigenvalue weighted by Gasteiger charge is 2.25. The number of rotatable bonds is 2. The molecule has 1 fully saturated rings. The van der Waals surface area contributed by atoms with Gasteiger partial charge in [0.05, 0.1) is 11.7 Å². The Labute approximate surface area is 119 Å². The van der Waals surface area contributed by atoms with Gasteiger partial charge in [-0.3, -0.25) is 9.59 Å². The summed E-state index contributed by atoms with van der Waals surface area (Å²) >= 11 is 1.28. The molecule has 20 heavy (non-hydrogen) atoms. The van der Waals surface area contributed by atoms with E-state index in [9.17, 15) is 9.59 Å². The zero-order valence-electron chi connectivity index (χ0n) is 10.9. The van der Waals surface area contributed by atoms with Crippen LogP contribution in [0.15, 0.2) is 12.1 Å². The molecule has 1 aliphatic heterocycles. The molecule has 0 radical (unpaired) electrons. The minimum absolute atomic E-state index is 0.0445. The van der Waals surface area contributed by atoms with Gasteiger partial charge in [-0.25, -0.2) is 4.98 Å². The van der Waals surface area contributed by atoms with Crippen LogP contribution < -0.4 is 16.4 Å². The second-order valence-corrected chi connectivity index (χ2v) is 5.83. The zero-order valence-corrected chi connectivity index (χ0v) is 11.7. The highest BCUT2D eigenvalue weighted by Crippen LogP contribution is 2.32. The van der Waals surface area contributed by atoms with Crippen LogP contribution in [0.3, 0.4) is 0 Å². The van der Waals surface area contributed by atoms with Gasteiger partial charge in [0, 0.05) is 24.0 Å². The third-order valence-corrected chi connectivity index (χ3v) is 4.37. The maximum Gasteiger partial charge on any atom is 0.263 e. The van der Waals surface area contributed by atoms with E-state index in [1.54, 1.807) is 0 Å². The van der Waals surface area contributed by atoms with E-state index < -0.39 is 0 Å². The summed E-state index contributed by atoms with van der Waals surface area (Å²) in [6.07, 6.45) is 0.313. The molecule has 7 heteroatoms. The highest BCUT2D eigenvalue weighted by molar-refractivity contribution is 7.21. The number of thiophene rings is 1. The molecule has 1 unspecified atom stereocenters. The van der Waals surface area contributed by atoms with Crippen molar-refractivity contribution in [1.82, 2.24) is 15.6 Å². The molecule has 0 saturated carbocycles. The number of nitrogens with zero attached hydrogens (tertiary/aromatic N) is 1. The van der Waals surface area contributed by atoms with Crippen LogP contribution in [0.1, 0.15) is 21.8 Å². The van der Waals surface area contributed by atoms with Gasteiger partial charge in [0.25, 0.3) is 5.91 Å². The SMILES string of the molecule is Cc1ccc2c(N)c(C(=O)NC3CNC(=O)C3)sc2n1. The summed E-state index contributed by atoms with van der Waals surface area (Å²) in [6.45, 7) is 2.36. The number of nitrogen functional groups attached to an aromatic ring is 1. The third kappa shape index (κ3) is 2.20. The van der Waals surface area contributed by atoms with Crippen molar-refractivity contribution in [3.63, 3.8) is 0 Å². The zero-order chi connectivity index (χ0) is 14.3. The number of nitrogens with two attached hydrogens (primary N) is 1. The Balaban J connectivity index is 1.87. The van der Waals surface area contributed by atoms with E-state index in [2.05, 4.69) is 15.6 Å². The first-order chi connectivity index (χ1) is 9.54. The molecule has 1 saturated heterocycles. The fourth-order valence-corrected chi connectivity index (χ4v) is 3.26. The second-order valence-electron chi connectivity index (χ2n) is 4.83. The molecule has 4 N–H and O–H groups in total. The lowest BCUT2D eigenvalue weighted by Crippen LogP contribution is -2.36. The summed E-state index contributed by atoms with van der Waals surface area (Å²) in [5, 5.41) is 6.30. The number of pyridine rings is 1. The summed E-state index contributed by atoms with van der Waals surface area (Å²) < 4.78 is 0. The van der Waals surface area contributed by atoms with E-state index in [0.29, 0.717) is 23.5 Å². The van der Waals surface area contributed by atoms with Crippen molar-refractivity contribution in [2.45, 2.75) is 19.4 Å². The molecule has 3 rings (SSSR count). The number of carbonyl (C=O) groups excluding carboxylic acids is 2. The van der Waals surface area contributed by atoms with Crippen LogP contribution >= 0.6 is 11.3 Å². The Morgan fingerprint density at radius 2 is 2.35 bits per heavy atom. The monoisotopic (exact) mass is 290 g/mol. The minimum Gasteiger partial charge on any atom is -0.397 e. The topological polar surface area (TPSA) is 97.1 Å². The van der Waals surface area contributed by atoms with Crippen molar-refractivity contribution in [1.29, 1.82) is 0 Å². The van der Waals surface area contributed by atoms with Crippen LogP contribution in [0, 0.1) is 6.92 Å². The summed E-state index contributed by atoms with van der Waals surface area (Å²) in [4.78, 5) is 28.9. The highest BCUT2D eigenvalue weighted by atomic mass is 32.1. The lowest BCUT2D eigenvalue weighted by atomic mass is 10.2. The molecule has 3 heterocycles. The number of hydrogen-bond acceptors (Lipinski definition) is 5. The molecule has 0 spiro atoms. The molecular weight excluding hydrogens is 276 g/mol. The average molecular weight is 290 g/mol. The van der Waals surface area contributed by atoms with Crippen molar-refractivity contribution in [3.8, 4) is 0 Å². The van der Waals surface area contributed by atoms with Gasteiger partial charge in [-0.1, -0.05) is 0 Å². The van der Waals surface area contributed by atoms with Crippen molar-refractivity contribution >= 4 is 39.1 Å². The van der Waals surface area contributed by atoms with Gasteiger partial charge < -0.3 is 16.4 Å². The van der Waals surface area contributed by atoms with Crippen LogP contribution in [-0.2, 0) is 4.79 Å². The molecular formula is C13H14N4O2S. The van der Waals surface area contributed by atoms with Gasteiger partial charge in [0.2, 0.25) is 5.91 Å². The van der Waals surface area contributed by atoms with Crippen molar-refractivity contribution < 1.29 is 9.59 Å². The summed E-state index contributed by atoms with van der Waals surface area (Å²) in [6, 6.07) is 3.57. The molecule has 6 nitrogen and oxygen atoms in total. The Morgan fingerprint density at radius 1 is 1.55 bits per heavy atom. The maximum absolute atomic E-state index is 12.2. The number of anilines is 1. The van der Waals surface area contributed by atoms with E-state index in [-0.39, 0.29) is 17.9 Å². The fraction of sp³-hybridized carbons (Fsp3) is 0.308. The van der Waals surface area contributed by atoms with Gasteiger partial charge >= 0.3 is 0 Å². The first-order valence-corrected chi connectivity index (χ1v) is 7.09. The first kappa shape index (κ1) is 12.9. The molecule has 0 bridgehead atoms. The largest absolute Gasteiger partial charge is 0.397 e. The summed E-state index contributed by atoms with van der Waals surface area (Å²) in [5.41, 5.74) is 7.36. The molecule has 104 valence electrons. The normalized spacial score (nSPS) is 18.2. The van der Waals surface area contributed by atoms with Gasteiger partial charge in [0.1, 0.15) is 9.71 Å². The number of carbonyl (C=O) groups is 2. The number of hydrogen-bond donors (Lipinski definition) is 3. The molecule has 1 atom stereocenters. The third-order valence-electron chi connectivity index (χ3n) is 3.25. The Morgan fingerprint density at radius 3 is 3.05 bits per heavy atom. The number of aromatic nitrogens is 1. The predicted molar refractivity (Wildman–Crippen MR) is 77.7 cm³/mol. The molecule has 1 aliphatic rings. The lowest BCUT2D eigenvalue weighted by molar-refractivity contribution is -0.119. The van der Waals surface area contributed by atoms with E-state index in [1.165, 1.54) is 11.3 Å². The quantitative estimate of drug-likeness (QED) is 0.762. The van der Waals surface area contributed by atoms with Crippen LogP contribution in [0.4, 0.5) is 5.69 Å². The summed E-state index contributed by atoms with van der Waals surface area (Å²) in [7, 11) is 0. The van der Waals surface area contributed by atoms with Crippen LogP contribution in [0.5, 0.6) is 0 Å². The van der Waals surface area contributed by atoms with Crippen LogP contribution in [0.2, 0.25) is 0 Å². The van der Waals surface area contributed by atoms with Crippen LogP contribution in [0.25, 0.3) is 10.2 Å². The standard InChI is InChI=1S/C13H14N4O2S/c1-6-2-3-8-10(14)11(20-13(8)16-6)12(19)17-7-4-9(18)15-5-7/h2-3,7H,4-5,14H2,1H3,(H,15,18)(H,17,19). The molecule has 0 aromatic carbocycles. The van der Waals surface area contributed by atoms with Crippen molar-refractivity contribution in [3.05, 3.63) is 22.7 Å². The van der Waals surface area contributed by atoms with Gasteiger partial charge in [0.15, 0.2) is 0 Å². The Kier molecular flexibility index (Phi) is 3.06. The molecule has 2 aromatic heterocycles. The minimum atomic E-state index is -0.246. The van der Waals surface area contributed by atoms with Gasteiger partial charge in [-0.05, 0) is 19.1 Å². The average Bonchev–Trinajstić information content (AvgIpc) is 2.94. The molecule has 0 aliphatic carbocycles. The van der Waals surface area contributed by atoms with E-state index >= 15 is 0 Å². The van der Waals surface area contributed by atoms with Gasteiger partial charge in [-0.2, -0.15) is 0 Å². The number of aryl methyl sites for hydroxylation is 1. The second kappa shape index (κ2) is 4.75. The van der Waals surface area contributed by atoms with Crippen molar-refractivity contribution in [2.75, 3.05) is 12.3 Å². The number of fused-ring (bicyclic) bond motifs is 1. The van der Waals surface area contributed by atoms with E-state index in [1.807, 2.05) is 19.1 Å². The van der Waals surface area contributed by atoms with E-state index in [4.69, 9.17) is 5.73 Å². The summed E-state index contributed by atoms with van der Waals surface area (Å²) in [5.74, 6) is -0.290. The maximum atomic E-state index is 12.2. The van der Waals surface area contributed by atoms with Crippen LogP contribution in [-0.4, -0.2) is 29.4 Å². The number of amides is 2. The first-order valence-electron chi connectivity index (χ1n) is 6.28. The smallest absolute Gasteiger partial charge is 0.263 e. The Bertz CT molecular complexity index is 710. The Hall–Kier alpha value is -2.15.